The fraction of sp³-hybridized carbons (Fsp3) is 0.667. The zero-order chi connectivity index (χ0) is 17.3. The summed E-state index contributed by atoms with van der Waals surface area (Å²) in [5, 5.41) is 0. The predicted molar refractivity (Wildman–Crippen MR) is 109 cm³/mol. The van der Waals surface area contributed by atoms with Gasteiger partial charge in [-0.1, -0.05) is 93.9 Å². The largest absolute Gasteiger partial charge is 0.289 e. The Bertz CT molecular complexity index is 518. The van der Waals surface area contributed by atoms with Gasteiger partial charge in [0.15, 0.2) is 0 Å². The van der Waals surface area contributed by atoms with E-state index in [0.717, 1.165) is 12.6 Å². The van der Waals surface area contributed by atoms with E-state index in [1.54, 1.807) is 5.57 Å². The molecule has 1 aromatic rings. The highest BCUT2D eigenvalue weighted by molar-refractivity contribution is 5.21. The molecule has 2 heterocycles. The van der Waals surface area contributed by atoms with Gasteiger partial charge >= 0.3 is 0 Å². The molecule has 2 unspecified atom stereocenters. The van der Waals surface area contributed by atoms with Gasteiger partial charge in [0.05, 0.1) is 0 Å². The third-order valence-corrected chi connectivity index (χ3v) is 6.18. The van der Waals surface area contributed by atoms with Crippen LogP contribution < -0.4 is 0 Å². The van der Waals surface area contributed by atoms with E-state index in [9.17, 15) is 0 Å². The smallest absolute Gasteiger partial charge is 0.0288 e. The second-order valence-corrected chi connectivity index (χ2v) is 8.21. The molecule has 1 heteroatoms. The molecule has 1 fully saturated rings. The van der Waals surface area contributed by atoms with Crippen LogP contribution in [0.5, 0.6) is 0 Å². The molecule has 0 aromatic heterocycles. The average Bonchev–Trinajstić information content (AvgIpc) is 2.87. The van der Waals surface area contributed by atoms with Gasteiger partial charge in [-0.3, -0.25) is 4.90 Å². The van der Waals surface area contributed by atoms with Crippen molar-refractivity contribution in [3.05, 3.63) is 47.5 Å². The van der Waals surface area contributed by atoms with Crippen LogP contribution >= 0.6 is 0 Å². The molecule has 0 saturated carbocycles. The highest BCUT2D eigenvalue weighted by Gasteiger charge is 2.35. The minimum absolute atomic E-state index is 0.711. The molecule has 1 nitrogen and oxygen atoms in total. The third-order valence-electron chi connectivity index (χ3n) is 6.18. The van der Waals surface area contributed by atoms with Crippen LogP contribution in [0.25, 0.3) is 0 Å². The van der Waals surface area contributed by atoms with Crippen LogP contribution in [0, 0.1) is 0 Å². The molecule has 0 aliphatic carbocycles. The van der Waals surface area contributed by atoms with E-state index < -0.39 is 0 Å². The molecule has 1 aromatic carbocycles. The van der Waals surface area contributed by atoms with Crippen molar-refractivity contribution in [3.63, 3.8) is 0 Å². The van der Waals surface area contributed by atoms with Gasteiger partial charge in [-0.25, -0.2) is 0 Å². The van der Waals surface area contributed by atoms with Crippen molar-refractivity contribution in [2.45, 2.75) is 103 Å². The fourth-order valence-corrected chi connectivity index (χ4v) is 4.72. The van der Waals surface area contributed by atoms with E-state index in [4.69, 9.17) is 0 Å². The van der Waals surface area contributed by atoms with Gasteiger partial charge < -0.3 is 0 Å². The summed E-state index contributed by atoms with van der Waals surface area (Å²) in [6.07, 6.45) is 19.5. The van der Waals surface area contributed by atoms with Crippen molar-refractivity contribution >= 4 is 0 Å². The normalized spacial score (nSPS) is 23.0. The van der Waals surface area contributed by atoms with Gasteiger partial charge in [0.2, 0.25) is 0 Å². The lowest BCUT2D eigenvalue weighted by atomic mass is 9.95. The minimum atomic E-state index is 0.711. The second kappa shape index (κ2) is 10.2. The third kappa shape index (κ3) is 5.71. The van der Waals surface area contributed by atoms with Gasteiger partial charge in [0.25, 0.3) is 0 Å². The zero-order valence-electron chi connectivity index (χ0n) is 16.3. The van der Waals surface area contributed by atoms with Crippen molar-refractivity contribution in [1.82, 2.24) is 4.90 Å². The van der Waals surface area contributed by atoms with E-state index >= 15 is 0 Å². The van der Waals surface area contributed by atoms with Crippen molar-refractivity contribution in [2.24, 2.45) is 0 Å². The Labute approximate surface area is 155 Å². The highest BCUT2D eigenvalue weighted by atomic mass is 15.2. The topological polar surface area (TPSA) is 3.24 Å². The van der Waals surface area contributed by atoms with E-state index in [1.807, 2.05) is 0 Å². The Morgan fingerprint density at radius 3 is 2.32 bits per heavy atom. The van der Waals surface area contributed by atoms with Gasteiger partial charge in [-0.2, -0.15) is 0 Å². The van der Waals surface area contributed by atoms with Crippen LogP contribution in [0.1, 0.15) is 89.5 Å². The van der Waals surface area contributed by atoms with Crippen LogP contribution in [0.15, 0.2) is 42.0 Å². The first-order valence-electron chi connectivity index (χ1n) is 10.9. The van der Waals surface area contributed by atoms with Crippen LogP contribution in [0.3, 0.4) is 0 Å². The number of hydrogen-bond donors (Lipinski definition) is 0. The molecule has 138 valence electrons. The number of benzene rings is 1. The number of hydrogen-bond acceptors (Lipinski definition) is 1. The second-order valence-electron chi connectivity index (χ2n) is 8.21. The summed E-state index contributed by atoms with van der Waals surface area (Å²) < 4.78 is 0. The predicted octanol–water partition coefficient (Wildman–Crippen LogP) is 6.88. The van der Waals surface area contributed by atoms with Crippen molar-refractivity contribution in [3.8, 4) is 0 Å². The van der Waals surface area contributed by atoms with Gasteiger partial charge in [-0.15, -0.1) is 0 Å². The van der Waals surface area contributed by atoms with E-state index in [-0.39, 0.29) is 0 Å². The average molecular weight is 340 g/mol. The van der Waals surface area contributed by atoms with Crippen molar-refractivity contribution in [2.75, 3.05) is 0 Å². The molecular formula is C24H37N. The summed E-state index contributed by atoms with van der Waals surface area (Å²) in [5.41, 5.74) is 3.24. The monoisotopic (exact) mass is 339 g/mol. The van der Waals surface area contributed by atoms with Crippen molar-refractivity contribution in [1.29, 1.82) is 0 Å². The fourth-order valence-electron chi connectivity index (χ4n) is 4.72. The van der Waals surface area contributed by atoms with E-state index in [2.05, 4.69) is 48.2 Å². The maximum atomic E-state index is 2.76. The Kier molecular flexibility index (Phi) is 7.60. The molecule has 2 bridgehead atoms. The van der Waals surface area contributed by atoms with Crippen LogP contribution in [0.4, 0.5) is 0 Å². The molecule has 1 saturated heterocycles. The van der Waals surface area contributed by atoms with Gasteiger partial charge in [-0.05, 0) is 37.7 Å². The number of nitrogens with zero attached hydrogens (tertiary/aromatic N) is 1. The lowest BCUT2D eigenvalue weighted by molar-refractivity contribution is 0.194. The summed E-state index contributed by atoms with van der Waals surface area (Å²) in [5.74, 6) is 0. The van der Waals surface area contributed by atoms with Crippen LogP contribution in [-0.2, 0) is 6.54 Å². The summed E-state index contributed by atoms with van der Waals surface area (Å²) in [6.45, 7) is 3.43. The van der Waals surface area contributed by atoms with E-state index in [0.29, 0.717) is 6.04 Å². The first-order chi connectivity index (χ1) is 12.4. The quantitative estimate of drug-likeness (QED) is 0.314. The molecule has 2 aliphatic heterocycles. The number of unbranched alkanes of at least 4 members (excludes halogenated alkanes) is 7. The van der Waals surface area contributed by atoms with Gasteiger partial charge in [0.1, 0.15) is 0 Å². The molecule has 2 aliphatic rings. The molecule has 3 rings (SSSR count). The van der Waals surface area contributed by atoms with Gasteiger partial charge in [0, 0.05) is 18.6 Å². The number of rotatable bonds is 11. The lowest BCUT2D eigenvalue weighted by Crippen LogP contribution is -2.37. The SMILES string of the molecule is CCCCCCCCCCC1=CC2CCC(C1)N2Cc1ccccc1. The summed E-state index contributed by atoms with van der Waals surface area (Å²) in [6, 6.07) is 12.5. The number of fused-ring (bicyclic) bond motifs is 2. The molecule has 0 amide bonds. The maximum Gasteiger partial charge on any atom is 0.0288 e. The first kappa shape index (κ1) is 18.7. The zero-order valence-corrected chi connectivity index (χ0v) is 16.3. The summed E-state index contributed by atoms with van der Waals surface area (Å²) >= 11 is 0. The first-order valence-corrected chi connectivity index (χ1v) is 10.9. The Balaban J connectivity index is 1.37. The highest BCUT2D eigenvalue weighted by Crippen LogP contribution is 2.37. The molecule has 25 heavy (non-hydrogen) atoms. The molecule has 0 spiro atoms. The summed E-state index contributed by atoms with van der Waals surface area (Å²) in [4.78, 5) is 2.76. The molecule has 0 radical (unpaired) electrons. The summed E-state index contributed by atoms with van der Waals surface area (Å²) in [7, 11) is 0. The Morgan fingerprint density at radius 1 is 0.880 bits per heavy atom. The Hall–Kier alpha value is -1.08. The lowest BCUT2D eigenvalue weighted by Gasteiger charge is -2.34. The van der Waals surface area contributed by atoms with E-state index in [1.165, 1.54) is 82.6 Å². The Morgan fingerprint density at radius 2 is 1.60 bits per heavy atom. The van der Waals surface area contributed by atoms with Crippen LogP contribution in [-0.4, -0.2) is 17.0 Å². The molecular weight excluding hydrogens is 302 g/mol. The molecule has 0 N–H and O–H groups in total. The van der Waals surface area contributed by atoms with Crippen LogP contribution in [0.2, 0.25) is 0 Å². The standard InChI is InChI=1S/C24H37N/c1-2-3-4-5-6-7-8-10-15-22-18-23-16-17-24(19-22)25(23)20-21-13-11-9-12-14-21/h9,11-14,18,23-24H,2-8,10,15-17,19-20H2,1H3. The van der Waals surface area contributed by atoms with Crippen molar-refractivity contribution < 1.29 is 0 Å². The minimum Gasteiger partial charge on any atom is -0.289 e. The maximum absolute atomic E-state index is 2.76. The molecule has 2 atom stereocenters.